The lowest BCUT2D eigenvalue weighted by molar-refractivity contribution is -0.117. The first kappa shape index (κ1) is 24.4. The number of ether oxygens (including phenoxy) is 2. The SMILES string of the molecule is C=CCc1[nH]c2ccccc2c1C1=C(OC(=O)c2ccccc2)C(=O)C=C(OC(=O)c2ccccc2)C1=O. The molecule has 0 spiro atoms. The highest BCUT2D eigenvalue weighted by Gasteiger charge is 2.37. The number of Topliss-reactive ketones (excluding diaryl/α,β-unsaturated/α-hetero) is 1. The fraction of sp³-hybridized carbons (Fsp3) is 0.0323. The molecule has 1 aromatic heterocycles. The fourth-order valence-corrected chi connectivity index (χ4v) is 4.24. The quantitative estimate of drug-likeness (QED) is 0.207. The van der Waals surface area contributed by atoms with E-state index >= 15 is 0 Å². The average molecular weight is 504 g/mol. The first-order valence-corrected chi connectivity index (χ1v) is 11.8. The standard InChI is InChI=1S/C31H21NO6/c1-2-11-23-26(21-16-9-10-17-22(21)32-23)27-28(34)25(37-30(35)19-12-5-3-6-13-19)18-24(33)29(27)38-31(36)20-14-7-4-8-15-20/h2-10,12-18,32H,1,11H2. The van der Waals surface area contributed by atoms with E-state index in [2.05, 4.69) is 11.6 Å². The summed E-state index contributed by atoms with van der Waals surface area (Å²) >= 11 is 0. The van der Waals surface area contributed by atoms with Crippen LogP contribution in [-0.2, 0) is 25.5 Å². The molecule has 0 amide bonds. The summed E-state index contributed by atoms with van der Waals surface area (Å²) < 4.78 is 10.9. The van der Waals surface area contributed by atoms with Crippen LogP contribution < -0.4 is 0 Å². The molecule has 0 aliphatic heterocycles. The van der Waals surface area contributed by atoms with E-state index < -0.39 is 35.0 Å². The predicted molar refractivity (Wildman–Crippen MR) is 141 cm³/mol. The number of allylic oxidation sites excluding steroid dienone is 3. The maximum absolute atomic E-state index is 13.9. The Hall–Kier alpha value is -5.30. The number of rotatable bonds is 7. The van der Waals surface area contributed by atoms with Crippen molar-refractivity contribution in [2.45, 2.75) is 6.42 Å². The van der Waals surface area contributed by atoms with Crippen LogP contribution in [-0.4, -0.2) is 28.5 Å². The van der Waals surface area contributed by atoms with E-state index in [9.17, 15) is 19.2 Å². The molecule has 5 rings (SSSR count). The number of carbonyl (C=O) groups excluding carboxylic acids is 4. The second-order valence-electron chi connectivity index (χ2n) is 8.43. The van der Waals surface area contributed by atoms with Crippen molar-refractivity contribution < 1.29 is 28.7 Å². The zero-order valence-corrected chi connectivity index (χ0v) is 20.1. The van der Waals surface area contributed by atoms with E-state index in [1.54, 1.807) is 54.6 Å². The number of nitrogens with one attached hydrogen (secondary N) is 1. The molecule has 38 heavy (non-hydrogen) atoms. The highest BCUT2D eigenvalue weighted by Crippen LogP contribution is 2.37. The number of para-hydroxylation sites is 1. The molecule has 7 nitrogen and oxygen atoms in total. The van der Waals surface area contributed by atoms with E-state index in [-0.39, 0.29) is 16.7 Å². The van der Waals surface area contributed by atoms with Gasteiger partial charge in [-0.3, -0.25) is 9.59 Å². The van der Waals surface area contributed by atoms with E-state index in [1.807, 2.05) is 12.1 Å². The molecule has 0 fully saturated rings. The van der Waals surface area contributed by atoms with Crippen LogP contribution in [0.2, 0.25) is 0 Å². The number of aromatic nitrogens is 1. The molecule has 1 heterocycles. The topological polar surface area (TPSA) is 103 Å². The van der Waals surface area contributed by atoms with Crippen molar-refractivity contribution in [3.63, 3.8) is 0 Å². The minimum absolute atomic E-state index is 0.174. The van der Waals surface area contributed by atoms with Crippen LogP contribution >= 0.6 is 0 Å². The molecule has 1 N–H and O–H groups in total. The van der Waals surface area contributed by atoms with Crippen molar-refractivity contribution in [3.05, 3.63) is 138 Å². The summed E-state index contributed by atoms with van der Waals surface area (Å²) in [5.41, 5.74) is 1.90. The average Bonchev–Trinajstić information content (AvgIpc) is 3.30. The van der Waals surface area contributed by atoms with Gasteiger partial charge in [-0.05, 0) is 30.3 Å². The molecule has 0 saturated heterocycles. The van der Waals surface area contributed by atoms with E-state index in [0.717, 1.165) is 6.08 Å². The molecule has 186 valence electrons. The molecule has 0 unspecified atom stereocenters. The Labute approximate surface area is 217 Å². The van der Waals surface area contributed by atoms with Gasteiger partial charge in [-0.2, -0.15) is 0 Å². The van der Waals surface area contributed by atoms with E-state index in [1.165, 1.54) is 24.3 Å². The van der Waals surface area contributed by atoms with Crippen LogP contribution in [0.15, 0.2) is 115 Å². The van der Waals surface area contributed by atoms with Gasteiger partial charge in [0.05, 0.1) is 16.7 Å². The van der Waals surface area contributed by atoms with Gasteiger partial charge in [-0.25, -0.2) is 9.59 Å². The maximum Gasteiger partial charge on any atom is 0.343 e. The second kappa shape index (κ2) is 10.4. The zero-order chi connectivity index (χ0) is 26.6. The van der Waals surface area contributed by atoms with Crippen molar-refractivity contribution in [2.24, 2.45) is 0 Å². The smallest absolute Gasteiger partial charge is 0.343 e. The second-order valence-corrected chi connectivity index (χ2v) is 8.43. The molecule has 3 aromatic carbocycles. The number of benzene rings is 3. The Morgan fingerprint density at radius 2 is 1.37 bits per heavy atom. The Morgan fingerprint density at radius 3 is 2.00 bits per heavy atom. The summed E-state index contributed by atoms with van der Waals surface area (Å²) in [6.45, 7) is 3.79. The largest absolute Gasteiger partial charge is 0.419 e. The van der Waals surface area contributed by atoms with E-state index in [4.69, 9.17) is 9.47 Å². The van der Waals surface area contributed by atoms with Crippen LogP contribution in [0.5, 0.6) is 0 Å². The number of hydrogen-bond acceptors (Lipinski definition) is 6. The lowest BCUT2D eigenvalue weighted by Crippen LogP contribution is -2.25. The lowest BCUT2D eigenvalue weighted by Gasteiger charge is -2.19. The van der Waals surface area contributed by atoms with Crippen LogP contribution in [0.1, 0.15) is 32.0 Å². The number of aromatic amines is 1. The summed E-state index contributed by atoms with van der Waals surface area (Å²) in [5.74, 6) is -4.06. The van der Waals surface area contributed by atoms with Gasteiger partial charge in [0.25, 0.3) is 0 Å². The summed E-state index contributed by atoms with van der Waals surface area (Å²) in [6.07, 6.45) is 2.85. The van der Waals surface area contributed by atoms with Gasteiger partial charge in [0.2, 0.25) is 11.6 Å². The first-order chi connectivity index (χ1) is 18.5. The van der Waals surface area contributed by atoms with Gasteiger partial charge in [0.1, 0.15) is 0 Å². The lowest BCUT2D eigenvalue weighted by atomic mass is 9.90. The number of fused-ring (bicyclic) bond motifs is 1. The van der Waals surface area contributed by atoms with Gasteiger partial charge in [0, 0.05) is 34.7 Å². The Morgan fingerprint density at radius 1 is 0.789 bits per heavy atom. The minimum Gasteiger partial charge on any atom is -0.419 e. The van der Waals surface area contributed by atoms with Crippen LogP contribution in [0.25, 0.3) is 16.5 Å². The number of ketones is 2. The number of H-pyrrole nitrogens is 1. The molecule has 1 aliphatic rings. The minimum atomic E-state index is -0.803. The molecular weight excluding hydrogens is 482 g/mol. The molecule has 0 saturated carbocycles. The third kappa shape index (κ3) is 4.60. The summed E-state index contributed by atoms with van der Waals surface area (Å²) in [6, 6.07) is 23.4. The van der Waals surface area contributed by atoms with Gasteiger partial charge in [-0.1, -0.05) is 60.7 Å². The number of carbonyl (C=O) groups is 4. The van der Waals surface area contributed by atoms with Crippen LogP contribution in [0.3, 0.4) is 0 Å². The molecular formula is C31H21NO6. The zero-order valence-electron chi connectivity index (χ0n) is 20.1. The molecule has 0 atom stereocenters. The van der Waals surface area contributed by atoms with Crippen LogP contribution in [0.4, 0.5) is 0 Å². The third-order valence-corrected chi connectivity index (χ3v) is 5.96. The van der Waals surface area contributed by atoms with Crippen LogP contribution in [0, 0.1) is 0 Å². The summed E-state index contributed by atoms with van der Waals surface area (Å²) in [5, 5.41) is 0.629. The Kier molecular flexibility index (Phi) is 6.65. The Bertz CT molecular complexity index is 1660. The highest BCUT2D eigenvalue weighted by atomic mass is 16.5. The third-order valence-electron chi connectivity index (χ3n) is 5.96. The molecule has 0 radical (unpaired) electrons. The van der Waals surface area contributed by atoms with Gasteiger partial charge in [-0.15, -0.1) is 6.58 Å². The van der Waals surface area contributed by atoms with Crippen molar-refractivity contribution in [1.82, 2.24) is 4.98 Å². The van der Waals surface area contributed by atoms with Gasteiger partial charge in [0.15, 0.2) is 11.5 Å². The maximum atomic E-state index is 13.9. The van der Waals surface area contributed by atoms with Crippen molar-refractivity contribution in [2.75, 3.05) is 0 Å². The first-order valence-electron chi connectivity index (χ1n) is 11.8. The molecule has 1 aliphatic carbocycles. The van der Waals surface area contributed by atoms with Gasteiger partial charge < -0.3 is 14.5 Å². The highest BCUT2D eigenvalue weighted by molar-refractivity contribution is 6.39. The predicted octanol–water partition coefficient (Wildman–Crippen LogP) is 5.36. The molecule has 4 aromatic rings. The summed E-state index contributed by atoms with van der Waals surface area (Å²) in [7, 11) is 0. The Balaban J connectivity index is 1.64. The van der Waals surface area contributed by atoms with E-state index in [0.29, 0.717) is 28.6 Å². The monoisotopic (exact) mass is 503 g/mol. The summed E-state index contributed by atoms with van der Waals surface area (Å²) in [4.78, 5) is 56.2. The normalized spacial score (nSPS) is 13.3. The van der Waals surface area contributed by atoms with Gasteiger partial charge >= 0.3 is 11.9 Å². The van der Waals surface area contributed by atoms with Crippen molar-refractivity contribution in [1.29, 1.82) is 0 Å². The van der Waals surface area contributed by atoms with Crippen molar-refractivity contribution in [3.8, 4) is 0 Å². The molecule has 7 heteroatoms. The number of esters is 2. The number of hydrogen-bond donors (Lipinski definition) is 1. The van der Waals surface area contributed by atoms with Crippen molar-refractivity contribution >= 4 is 40.0 Å². The fourth-order valence-electron chi connectivity index (χ4n) is 4.24. The molecule has 0 bridgehead atoms.